The van der Waals surface area contributed by atoms with Crippen LogP contribution in [0.4, 0.5) is 5.69 Å². The molecule has 0 radical (unpaired) electrons. The number of non-ortho nitro benzene ring substituents is 1. The third kappa shape index (κ3) is 2.61. The van der Waals surface area contributed by atoms with Crippen LogP contribution in [0.15, 0.2) is 41.2 Å². The van der Waals surface area contributed by atoms with Crippen LogP contribution in [0.5, 0.6) is 0 Å². The van der Waals surface area contributed by atoms with Crippen molar-refractivity contribution >= 4 is 38.2 Å². The Hall–Kier alpha value is -2.80. The Labute approximate surface area is 162 Å². The summed E-state index contributed by atoms with van der Waals surface area (Å²) in [4.78, 5) is 36.9. The highest BCUT2D eigenvalue weighted by Crippen LogP contribution is 2.40. The smallest absolute Gasteiger partial charge is 0.270 e. The first kappa shape index (κ1) is 17.6. The van der Waals surface area contributed by atoms with Crippen LogP contribution >= 0.6 is 15.9 Å². The number of hydrogen-bond acceptors (Lipinski definition) is 4. The fourth-order valence-electron chi connectivity index (χ4n) is 3.68. The quantitative estimate of drug-likeness (QED) is 0.278. The number of nitrogens with zero attached hydrogens (tertiary/aromatic N) is 2. The lowest BCUT2D eigenvalue weighted by Gasteiger charge is -2.14. The topological polar surface area (TPSA) is 82.2 Å². The number of nitro groups is 1. The lowest BCUT2D eigenvalue weighted by Crippen LogP contribution is -2.23. The van der Waals surface area contributed by atoms with E-state index in [0.29, 0.717) is 40.5 Å². The monoisotopic (exact) mass is 426 g/mol. The molecule has 27 heavy (non-hydrogen) atoms. The number of pyridine rings is 1. The van der Waals surface area contributed by atoms with Crippen LogP contribution in [-0.2, 0) is 6.54 Å². The molecular weight excluding hydrogens is 412 g/mol. The number of nitro benzene ring substituents is 1. The van der Waals surface area contributed by atoms with E-state index in [1.807, 2.05) is 25.1 Å². The van der Waals surface area contributed by atoms with Crippen molar-refractivity contribution in [3.05, 3.63) is 73.6 Å². The average Bonchev–Trinajstić information content (AvgIpc) is 2.93. The van der Waals surface area contributed by atoms with Gasteiger partial charge in [-0.2, -0.15) is 0 Å². The van der Waals surface area contributed by atoms with E-state index in [-0.39, 0.29) is 22.4 Å². The summed E-state index contributed by atoms with van der Waals surface area (Å²) in [6.07, 6.45) is 0.697. The summed E-state index contributed by atoms with van der Waals surface area (Å²) in [6, 6.07) is 9.74. The number of halogens is 1. The third-order valence-electron chi connectivity index (χ3n) is 4.88. The molecule has 0 amide bonds. The molecule has 6 nitrogen and oxygen atoms in total. The van der Waals surface area contributed by atoms with Crippen molar-refractivity contribution in [3.8, 4) is 11.3 Å². The van der Waals surface area contributed by atoms with Gasteiger partial charge in [-0.3, -0.25) is 19.7 Å². The van der Waals surface area contributed by atoms with Crippen molar-refractivity contribution in [2.75, 3.05) is 5.33 Å². The normalized spacial score (nSPS) is 12.3. The average molecular weight is 427 g/mol. The molecule has 0 saturated carbocycles. The summed E-state index contributed by atoms with van der Waals surface area (Å²) in [5, 5.41) is 12.5. The number of hydrogen-bond donors (Lipinski definition) is 0. The van der Waals surface area contributed by atoms with E-state index >= 15 is 0 Å². The van der Waals surface area contributed by atoms with Crippen LogP contribution in [0.25, 0.3) is 22.0 Å². The summed E-state index contributed by atoms with van der Waals surface area (Å²) >= 11 is 3.37. The second-order valence-electron chi connectivity index (χ2n) is 6.59. The van der Waals surface area contributed by atoms with Crippen molar-refractivity contribution in [1.29, 1.82) is 0 Å². The molecule has 1 aliphatic rings. The highest BCUT2D eigenvalue weighted by atomic mass is 79.9. The van der Waals surface area contributed by atoms with Crippen molar-refractivity contribution in [2.24, 2.45) is 0 Å². The maximum Gasteiger partial charge on any atom is 0.270 e. The first-order valence-corrected chi connectivity index (χ1v) is 9.63. The molecular formula is C20H15BrN2O4. The Morgan fingerprint density at radius 2 is 1.85 bits per heavy atom. The molecule has 2 aromatic carbocycles. The van der Waals surface area contributed by atoms with Gasteiger partial charge in [-0.1, -0.05) is 33.6 Å². The zero-order chi connectivity index (χ0) is 19.3. The number of aromatic nitrogens is 1. The Morgan fingerprint density at radius 3 is 2.56 bits per heavy atom. The molecule has 0 atom stereocenters. The van der Waals surface area contributed by atoms with Gasteiger partial charge in [-0.05, 0) is 25.5 Å². The molecule has 1 aliphatic carbocycles. The summed E-state index contributed by atoms with van der Waals surface area (Å²) in [5.74, 6) is -0.143. The van der Waals surface area contributed by atoms with Gasteiger partial charge < -0.3 is 4.57 Å². The van der Waals surface area contributed by atoms with E-state index in [1.165, 1.54) is 18.2 Å². The molecule has 1 aromatic heterocycles. The van der Waals surface area contributed by atoms with Crippen molar-refractivity contribution in [1.82, 2.24) is 4.57 Å². The molecule has 0 saturated heterocycles. The fraction of sp³-hybridized carbons (Fsp3) is 0.200. The van der Waals surface area contributed by atoms with Crippen molar-refractivity contribution in [2.45, 2.75) is 19.9 Å². The van der Waals surface area contributed by atoms with E-state index in [1.54, 1.807) is 4.57 Å². The molecule has 3 aromatic rings. The Bertz CT molecular complexity index is 1200. The minimum atomic E-state index is -0.533. The lowest BCUT2D eigenvalue weighted by atomic mass is 10.0. The van der Waals surface area contributed by atoms with E-state index in [2.05, 4.69) is 15.9 Å². The standard InChI is InChI=1S/C20H15BrN2O4/c1-11-3-5-14-15(9-11)19(24)17-13-6-4-12(23(26)27)10-16(13)20(25)22(18(14)17)8-2-7-21/h3-6,9-10H,2,7-8H2,1H3. The van der Waals surface area contributed by atoms with Gasteiger partial charge >= 0.3 is 0 Å². The number of alkyl halides is 1. The van der Waals surface area contributed by atoms with Crippen LogP contribution in [0.2, 0.25) is 0 Å². The van der Waals surface area contributed by atoms with Crippen molar-refractivity contribution in [3.63, 3.8) is 0 Å². The molecule has 0 N–H and O–H groups in total. The van der Waals surface area contributed by atoms with Gasteiger partial charge in [0.25, 0.3) is 11.2 Å². The number of fused-ring (bicyclic) bond motifs is 5. The Balaban J connectivity index is 2.13. The molecule has 136 valence electrons. The number of aryl methyl sites for hydroxylation is 1. The van der Waals surface area contributed by atoms with E-state index in [9.17, 15) is 19.7 Å². The third-order valence-corrected chi connectivity index (χ3v) is 5.44. The van der Waals surface area contributed by atoms with Crippen LogP contribution in [-0.4, -0.2) is 20.6 Å². The molecule has 4 rings (SSSR count). The molecule has 0 unspecified atom stereocenters. The second-order valence-corrected chi connectivity index (χ2v) is 7.38. The summed E-state index contributed by atoms with van der Waals surface area (Å²) in [7, 11) is 0. The summed E-state index contributed by atoms with van der Waals surface area (Å²) in [6.45, 7) is 2.33. The van der Waals surface area contributed by atoms with Gasteiger partial charge in [0.05, 0.1) is 21.6 Å². The second kappa shape index (κ2) is 6.42. The highest BCUT2D eigenvalue weighted by molar-refractivity contribution is 9.09. The first-order chi connectivity index (χ1) is 12.9. The molecule has 0 aliphatic heterocycles. The molecule has 0 spiro atoms. The van der Waals surface area contributed by atoms with E-state index in [0.717, 1.165) is 11.1 Å². The zero-order valence-electron chi connectivity index (χ0n) is 14.5. The van der Waals surface area contributed by atoms with Crippen LogP contribution in [0, 0.1) is 17.0 Å². The van der Waals surface area contributed by atoms with Gasteiger partial charge in [0.15, 0.2) is 5.78 Å². The Kier molecular flexibility index (Phi) is 4.19. The van der Waals surface area contributed by atoms with E-state index < -0.39 is 4.92 Å². The lowest BCUT2D eigenvalue weighted by molar-refractivity contribution is -0.384. The first-order valence-electron chi connectivity index (χ1n) is 8.50. The summed E-state index contributed by atoms with van der Waals surface area (Å²) < 4.78 is 1.59. The van der Waals surface area contributed by atoms with Gasteiger partial charge in [0.1, 0.15) is 0 Å². The number of carbonyl (C=O) groups is 1. The van der Waals surface area contributed by atoms with Gasteiger partial charge in [-0.25, -0.2) is 0 Å². The molecule has 0 bridgehead atoms. The number of benzene rings is 2. The maximum atomic E-state index is 13.2. The van der Waals surface area contributed by atoms with E-state index in [4.69, 9.17) is 0 Å². The highest BCUT2D eigenvalue weighted by Gasteiger charge is 2.33. The van der Waals surface area contributed by atoms with Gasteiger partial charge in [0.2, 0.25) is 0 Å². The predicted octanol–water partition coefficient (Wildman–Crippen LogP) is 4.21. The predicted molar refractivity (Wildman–Crippen MR) is 107 cm³/mol. The maximum absolute atomic E-state index is 13.2. The Morgan fingerprint density at radius 1 is 1.07 bits per heavy atom. The summed E-state index contributed by atoms with van der Waals surface area (Å²) in [5.41, 5.74) is 2.87. The fourth-order valence-corrected chi connectivity index (χ4v) is 3.93. The van der Waals surface area contributed by atoms with Crippen LogP contribution < -0.4 is 5.56 Å². The number of rotatable bonds is 4. The largest absolute Gasteiger partial charge is 0.307 e. The van der Waals surface area contributed by atoms with Crippen LogP contribution in [0.3, 0.4) is 0 Å². The zero-order valence-corrected chi connectivity index (χ0v) is 16.1. The molecule has 0 fully saturated rings. The SMILES string of the molecule is Cc1ccc2c(c1)C(=O)c1c-2n(CCCBr)c(=O)c2cc([N+](=O)[O-])ccc12. The van der Waals surface area contributed by atoms with Crippen LogP contribution in [0.1, 0.15) is 27.9 Å². The van der Waals surface area contributed by atoms with Gasteiger partial charge in [-0.15, -0.1) is 0 Å². The van der Waals surface area contributed by atoms with Crippen molar-refractivity contribution < 1.29 is 9.72 Å². The minimum Gasteiger partial charge on any atom is -0.307 e. The van der Waals surface area contributed by atoms with Gasteiger partial charge in [0, 0.05) is 40.5 Å². The number of ketones is 1. The molecule has 7 heteroatoms. The molecule has 1 heterocycles. The number of carbonyl (C=O) groups excluding carboxylic acids is 1. The minimum absolute atomic E-state index is 0.143.